The third-order valence-corrected chi connectivity index (χ3v) is 3.82. The molecule has 1 aliphatic rings. The summed E-state index contributed by atoms with van der Waals surface area (Å²) in [5.74, 6) is 0.116. The molecule has 1 aliphatic heterocycles. The van der Waals surface area contributed by atoms with Crippen LogP contribution in [0.4, 0.5) is 0 Å². The molecule has 5 heteroatoms. The van der Waals surface area contributed by atoms with Gasteiger partial charge in [-0.3, -0.25) is 4.79 Å². The molecule has 1 aromatic heterocycles. The average molecular weight is 290 g/mol. The van der Waals surface area contributed by atoms with Gasteiger partial charge in [-0.25, -0.2) is 0 Å². The number of alkyl halides is 1. The van der Waals surface area contributed by atoms with Gasteiger partial charge >= 0.3 is 0 Å². The highest BCUT2D eigenvalue weighted by Crippen LogP contribution is 2.30. The number of rotatable bonds is 1. The van der Waals surface area contributed by atoms with E-state index in [1.807, 2.05) is 23.3 Å². The minimum absolute atomic E-state index is 0.116. The topological polar surface area (TPSA) is 29.5 Å². The highest BCUT2D eigenvalue weighted by Gasteiger charge is 2.25. The maximum atomic E-state index is 11.7. The van der Waals surface area contributed by atoms with Crippen molar-refractivity contribution < 1.29 is 9.53 Å². The van der Waals surface area contributed by atoms with Gasteiger partial charge in [0.25, 0.3) is 0 Å². The van der Waals surface area contributed by atoms with Crippen LogP contribution in [0.1, 0.15) is 12.5 Å². The van der Waals surface area contributed by atoms with E-state index in [1.165, 1.54) is 0 Å². The molecule has 0 saturated heterocycles. The smallest absolute Gasteiger partial charge is 0.233 e. The van der Waals surface area contributed by atoms with Crippen LogP contribution in [0.5, 0.6) is 5.06 Å². The maximum Gasteiger partial charge on any atom is 0.233 e. The number of amides is 1. The van der Waals surface area contributed by atoms with Gasteiger partial charge in [0.2, 0.25) is 5.91 Å². The van der Waals surface area contributed by atoms with Crippen molar-refractivity contribution in [3.8, 4) is 5.06 Å². The average Bonchev–Trinajstić information content (AvgIpc) is 2.63. The van der Waals surface area contributed by atoms with Crippen molar-refractivity contribution >= 4 is 33.2 Å². The molecule has 0 unspecified atom stereocenters. The molecule has 0 aromatic carbocycles. The first kappa shape index (κ1) is 11.0. The van der Waals surface area contributed by atoms with Crippen LogP contribution in [0.3, 0.4) is 0 Å². The lowest BCUT2D eigenvalue weighted by Crippen LogP contribution is -2.40. The Bertz CT molecular complexity index is 366. The molecular weight excluding hydrogens is 278 g/mol. The van der Waals surface area contributed by atoms with Crippen LogP contribution in [0.15, 0.2) is 11.4 Å². The standard InChI is InChI=1S/C10H12BrNO2S/c1-7-6-14-10-8(2-3-15-10)5-12(7)9(13)4-11/h2-3,7H,4-6H2,1H3/t7-/m1/s1. The number of ether oxygens (including phenoxy) is 1. The first-order valence-corrected chi connectivity index (χ1v) is 6.77. The van der Waals surface area contributed by atoms with Crippen molar-refractivity contribution in [2.75, 3.05) is 11.9 Å². The largest absolute Gasteiger partial charge is 0.482 e. The van der Waals surface area contributed by atoms with E-state index in [0.29, 0.717) is 18.5 Å². The molecule has 0 aliphatic carbocycles. The van der Waals surface area contributed by atoms with E-state index >= 15 is 0 Å². The quantitative estimate of drug-likeness (QED) is 0.742. The summed E-state index contributed by atoms with van der Waals surface area (Å²) in [6.07, 6.45) is 0. The van der Waals surface area contributed by atoms with Crippen molar-refractivity contribution in [3.05, 3.63) is 17.0 Å². The van der Waals surface area contributed by atoms with Crippen LogP contribution in [-0.4, -0.2) is 28.8 Å². The number of carbonyl (C=O) groups excluding carboxylic acids is 1. The Morgan fingerprint density at radius 1 is 1.80 bits per heavy atom. The highest BCUT2D eigenvalue weighted by atomic mass is 79.9. The lowest BCUT2D eigenvalue weighted by Gasteiger charge is -2.25. The number of fused-ring (bicyclic) bond motifs is 1. The summed E-state index contributed by atoms with van der Waals surface area (Å²) in [4.78, 5) is 13.5. The molecule has 0 bridgehead atoms. The van der Waals surface area contributed by atoms with E-state index in [0.717, 1.165) is 10.6 Å². The van der Waals surface area contributed by atoms with Crippen molar-refractivity contribution in [2.45, 2.75) is 19.5 Å². The second kappa shape index (κ2) is 4.53. The van der Waals surface area contributed by atoms with Crippen LogP contribution in [0, 0.1) is 0 Å². The maximum absolute atomic E-state index is 11.7. The fraction of sp³-hybridized carbons (Fsp3) is 0.500. The van der Waals surface area contributed by atoms with E-state index in [1.54, 1.807) is 11.3 Å². The first-order chi connectivity index (χ1) is 7.22. The van der Waals surface area contributed by atoms with Crippen molar-refractivity contribution in [2.24, 2.45) is 0 Å². The summed E-state index contributed by atoms with van der Waals surface area (Å²) in [5, 5.41) is 3.32. The zero-order valence-corrected chi connectivity index (χ0v) is 10.8. The Hall–Kier alpha value is -0.550. The molecule has 15 heavy (non-hydrogen) atoms. The van der Waals surface area contributed by atoms with Gasteiger partial charge in [-0.1, -0.05) is 15.9 Å². The molecule has 0 N–H and O–H groups in total. The van der Waals surface area contributed by atoms with Gasteiger partial charge in [0.1, 0.15) is 6.61 Å². The number of halogens is 1. The number of thiophene rings is 1. The molecule has 0 saturated carbocycles. The summed E-state index contributed by atoms with van der Waals surface area (Å²) < 4.78 is 5.63. The molecular formula is C10H12BrNO2S. The lowest BCUT2D eigenvalue weighted by atomic mass is 10.2. The number of carbonyl (C=O) groups is 1. The van der Waals surface area contributed by atoms with Crippen molar-refractivity contribution in [1.29, 1.82) is 0 Å². The highest BCUT2D eigenvalue weighted by molar-refractivity contribution is 9.09. The van der Waals surface area contributed by atoms with Crippen LogP contribution in [0.25, 0.3) is 0 Å². The summed E-state index contributed by atoms with van der Waals surface area (Å²) in [5.41, 5.74) is 1.11. The Labute approximate surface area is 101 Å². The van der Waals surface area contributed by atoms with Crippen LogP contribution in [-0.2, 0) is 11.3 Å². The van der Waals surface area contributed by atoms with E-state index in [4.69, 9.17) is 4.74 Å². The SMILES string of the molecule is C[C@@H]1COc2sccc2CN1C(=O)CBr. The molecule has 2 heterocycles. The van der Waals surface area contributed by atoms with Gasteiger partial charge in [-0.15, -0.1) is 11.3 Å². The predicted octanol–water partition coefficient (Wildman–Crippen LogP) is 2.25. The third kappa shape index (κ3) is 2.18. The first-order valence-electron chi connectivity index (χ1n) is 4.77. The van der Waals surface area contributed by atoms with Gasteiger partial charge in [0, 0.05) is 5.56 Å². The molecule has 1 atom stereocenters. The van der Waals surface area contributed by atoms with E-state index in [2.05, 4.69) is 15.9 Å². The molecule has 1 amide bonds. The monoisotopic (exact) mass is 289 g/mol. The van der Waals surface area contributed by atoms with E-state index in [9.17, 15) is 4.79 Å². The molecule has 82 valence electrons. The molecule has 0 radical (unpaired) electrons. The molecule has 1 aromatic rings. The zero-order chi connectivity index (χ0) is 10.8. The Kier molecular flexibility index (Phi) is 3.31. The number of hydrogen-bond acceptors (Lipinski definition) is 3. The van der Waals surface area contributed by atoms with Gasteiger partial charge < -0.3 is 9.64 Å². The van der Waals surface area contributed by atoms with E-state index < -0.39 is 0 Å². The van der Waals surface area contributed by atoms with Gasteiger partial charge in [0.15, 0.2) is 5.06 Å². The number of nitrogens with zero attached hydrogens (tertiary/aromatic N) is 1. The van der Waals surface area contributed by atoms with Crippen molar-refractivity contribution in [3.63, 3.8) is 0 Å². The van der Waals surface area contributed by atoms with E-state index in [-0.39, 0.29) is 11.9 Å². The summed E-state index contributed by atoms with van der Waals surface area (Å²) in [6, 6.07) is 2.15. The fourth-order valence-electron chi connectivity index (χ4n) is 1.60. The van der Waals surface area contributed by atoms with Crippen LogP contribution in [0.2, 0.25) is 0 Å². The molecule has 3 nitrogen and oxygen atoms in total. The Balaban J connectivity index is 2.22. The summed E-state index contributed by atoms with van der Waals surface area (Å²) in [6.45, 7) is 3.24. The Morgan fingerprint density at radius 2 is 2.60 bits per heavy atom. The predicted molar refractivity (Wildman–Crippen MR) is 63.6 cm³/mol. The minimum Gasteiger partial charge on any atom is -0.482 e. The number of hydrogen-bond donors (Lipinski definition) is 0. The second-order valence-corrected chi connectivity index (χ2v) is 4.99. The summed E-state index contributed by atoms with van der Waals surface area (Å²) >= 11 is 4.79. The fourth-order valence-corrected chi connectivity index (χ4v) is 2.70. The van der Waals surface area contributed by atoms with Crippen LogP contribution < -0.4 is 4.74 Å². The minimum atomic E-state index is 0.116. The normalized spacial score (nSPS) is 20.4. The van der Waals surface area contributed by atoms with Gasteiger partial charge in [0.05, 0.1) is 17.9 Å². The second-order valence-electron chi connectivity index (χ2n) is 3.55. The van der Waals surface area contributed by atoms with Crippen molar-refractivity contribution in [1.82, 2.24) is 4.90 Å². The Morgan fingerprint density at radius 3 is 3.33 bits per heavy atom. The molecule has 0 spiro atoms. The van der Waals surface area contributed by atoms with Gasteiger partial charge in [-0.05, 0) is 18.4 Å². The van der Waals surface area contributed by atoms with Gasteiger partial charge in [-0.2, -0.15) is 0 Å². The van der Waals surface area contributed by atoms with Crippen LogP contribution >= 0.6 is 27.3 Å². The molecule has 2 rings (SSSR count). The lowest BCUT2D eigenvalue weighted by molar-refractivity contribution is -0.131. The molecule has 0 fully saturated rings. The third-order valence-electron chi connectivity index (χ3n) is 2.47. The summed E-state index contributed by atoms with van der Waals surface area (Å²) in [7, 11) is 0. The zero-order valence-electron chi connectivity index (χ0n) is 8.40.